The molecule has 1 amide bonds. The van der Waals surface area contributed by atoms with Crippen molar-refractivity contribution in [2.45, 2.75) is 32.5 Å². The molecule has 0 spiro atoms. The monoisotopic (exact) mass is 658 g/mol. The summed E-state index contributed by atoms with van der Waals surface area (Å²) in [6, 6.07) is 11.1. The second kappa shape index (κ2) is 20.6. The Balaban J connectivity index is 1.44. The zero-order chi connectivity index (χ0) is 33.8. The van der Waals surface area contributed by atoms with Gasteiger partial charge in [-0.05, 0) is 51.1 Å². The first-order valence-corrected chi connectivity index (χ1v) is 14.9. The molecular formula is C32H45F3N2O9. The molecule has 11 nitrogen and oxygen atoms in total. The first kappa shape index (κ1) is 38.8. The highest BCUT2D eigenvalue weighted by Gasteiger charge is 2.30. The Hall–Kier alpha value is -3.43. The molecule has 0 fully saturated rings. The van der Waals surface area contributed by atoms with E-state index in [0.717, 1.165) is 12.1 Å². The van der Waals surface area contributed by atoms with Crippen molar-refractivity contribution in [3.05, 3.63) is 59.7 Å². The quantitative estimate of drug-likeness (QED) is 0.135. The summed E-state index contributed by atoms with van der Waals surface area (Å²) in [5.41, 5.74) is -0.638. The fourth-order valence-electron chi connectivity index (χ4n) is 3.58. The number of rotatable bonds is 21. The lowest BCUT2D eigenvalue weighted by atomic mass is 10.1. The summed E-state index contributed by atoms with van der Waals surface area (Å²) in [4.78, 5) is 25.9. The van der Waals surface area contributed by atoms with Crippen LogP contribution < -0.4 is 5.32 Å². The second-order valence-electron chi connectivity index (χ2n) is 10.8. The third kappa shape index (κ3) is 16.8. The predicted molar refractivity (Wildman–Crippen MR) is 164 cm³/mol. The molecule has 0 aromatic heterocycles. The van der Waals surface area contributed by atoms with E-state index in [1.807, 2.05) is 20.8 Å². The summed E-state index contributed by atoms with van der Waals surface area (Å²) in [5, 5.41) is 2.85. The third-order valence-corrected chi connectivity index (χ3v) is 5.84. The van der Waals surface area contributed by atoms with Crippen LogP contribution in [0.5, 0.6) is 0 Å². The number of amides is 1. The van der Waals surface area contributed by atoms with Crippen molar-refractivity contribution < 1.29 is 55.9 Å². The van der Waals surface area contributed by atoms with Crippen molar-refractivity contribution in [2.75, 3.05) is 91.6 Å². The van der Waals surface area contributed by atoms with Gasteiger partial charge in [0.1, 0.15) is 12.2 Å². The molecule has 1 N–H and O–H groups in total. The van der Waals surface area contributed by atoms with Crippen LogP contribution in [0.4, 0.5) is 29.3 Å². The van der Waals surface area contributed by atoms with Gasteiger partial charge in [0.05, 0.1) is 82.9 Å². The van der Waals surface area contributed by atoms with Crippen LogP contribution in [0.25, 0.3) is 0 Å². The molecule has 2 aromatic rings. The summed E-state index contributed by atoms with van der Waals surface area (Å²) in [7, 11) is 1.66. The van der Waals surface area contributed by atoms with Crippen molar-refractivity contribution in [3.63, 3.8) is 0 Å². The maximum atomic E-state index is 13.0. The van der Waals surface area contributed by atoms with Crippen LogP contribution in [-0.2, 0) is 39.3 Å². The van der Waals surface area contributed by atoms with Crippen molar-refractivity contribution in [3.8, 4) is 0 Å². The minimum absolute atomic E-state index is 0.00594. The van der Waals surface area contributed by atoms with Crippen molar-refractivity contribution in [1.82, 2.24) is 4.90 Å². The van der Waals surface area contributed by atoms with Crippen LogP contribution in [0, 0.1) is 0 Å². The summed E-state index contributed by atoms with van der Waals surface area (Å²) in [6.45, 7) is 9.40. The Morgan fingerprint density at radius 3 is 1.78 bits per heavy atom. The number of benzene rings is 2. The average Bonchev–Trinajstić information content (AvgIpc) is 2.99. The maximum absolute atomic E-state index is 13.0. The number of ether oxygens (including phenoxy) is 7. The molecule has 0 atom stereocenters. The topological polar surface area (TPSA) is 114 Å². The van der Waals surface area contributed by atoms with Gasteiger partial charge in [-0.2, -0.15) is 13.2 Å². The maximum Gasteiger partial charge on any atom is 0.416 e. The van der Waals surface area contributed by atoms with Crippen LogP contribution >= 0.6 is 0 Å². The van der Waals surface area contributed by atoms with Crippen LogP contribution in [0.15, 0.2) is 48.5 Å². The smallest absolute Gasteiger partial charge is 0.416 e. The molecular weight excluding hydrogens is 613 g/mol. The van der Waals surface area contributed by atoms with E-state index in [0.29, 0.717) is 71.7 Å². The van der Waals surface area contributed by atoms with E-state index in [4.69, 9.17) is 33.2 Å². The Morgan fingerprint density at radius 1 is 0.717 bits per heavy atom. The van der Waals surface area contributed by atoms with E-state index in [1.54, 1.807) is 25.2 Å². The van der Waals surface area contributed by atoms with Gasteiger partial charge in [0.25, 0.3) is 0 Å². The van der Waals surface area contributed by atoms with E-state index in [2.05, 4.69) is 5.32 Å². The SMILES string of the molecule is CN(CCOCCOCCOCCOCCOCCOC(=O)c1ccccc1Nc1cccc(C(F)(F)F)c1)C(=O)OC(C)(C)C. The number of carbonyl (C=O) groups excluding carboxylic acids is 2. The van der Waals surface area contributed by atoms with E-state index in [-0.39, 0.29) is 24.5 Å². The van der Waals surface area contributed by atoms with Gasteiger partial charge in [-0.25, -0.2) is 9.59 Å². The van der Waals surface area contributed by atoms with Crippen molar-refractivity contribution in [2.24, 2.45) is 0 Å². The van der Waals surface area contributed by atoms with Gasteiger partial charge in [0.2, 0.25) is 0 Å². The molecule has 0 aliphatic carbocycles. The van der Waals surface area contributed by atoms with Crippen LogP contribution in [0.3, 0.4) is 0 Å². The zero-order valence-corrected chi connectivity index (χ0v) is 26.9. The molecule has 0 radical (unpaired) electrons. The Bertz CT molecular complexity index is 1180. The number of alkyl halides is 3. The van der Waals surface area contributed by atoms with Crippen molar-refractivity contribution in [1.29, 1.82) is 0 Å². The highest BCUT2D eigenvalue weighted by Crippen LogP contribution is 2.32. The normalized spacial score (nSPS) is 11.7. The molecule has 2 aromatic carbocycles. The van der Waals surface area contributed by atoms with Crippen LogP contribution in [-0.4, -0.2) is 109 Å². The molecule has 46 heavy (non-hydrogen) atoms. The van der Waals surface area contributed by atoms with Gasteiger partial charge in [0.15, 0.2) is 0 Å². The van der Waals surface area contributed by atoms with Gasteiger partial charge >= 0.3 is 18.2 Å². The standard InChI is InChI=1S/C32H45F3N2O9/c1-31(2,3)46-30(39)37(4)12-13-40-14-15-41-16-17-42-18-19-43-20-21-44-22-23-45-29(38)27-10-5-6-11-28(27)36-26-9-7-8-25(24-26)32(33,34)35/h5-11,24,36H,12-23H2,1-4H3. The van der Waals surface area contributed by atoms with E-state index in [1.165, 1.54) is 23.1 Å². The van der Waals surface area contributed by atoms with Gasteiger partial charge in [-0.1, -0.05) is 18.2 Å². The molecule has 0 saturated carbocycles. The minimum atomic E-state index is -4.48. The lowest BCUT2D eigenvalue weighted by Gasteiger charge is -2.24. The fourth-order valence-corrected chi connectivity index (χ4v) is 3.58. The Morgan fingerprint density at radius 2 is 1.24 bits per heavy atom. The molecule has 0 bridgehead atoms. The summed E-state index contributed by atoms with van der Waals surface area (Å²) < 4.78 is 76.8. The van der Waals surface area contributed by atoms with E-state index < -0.39 is 29.4 Å². The lowest BCUT2D eigenvalue weighted by Crippen LogP contribution is -2.36. The van der Waals surface area contributed by atoms with Gasteiger partial charge in [0, 0.05) is 19.3 Å². The van der Waals surface area contributed by atoms with Gasteiger partial charge in [-0.15, -0.1) is 0 Å². The van der Waals surface area contributed by atoms with Crippen LogP contribution in [0.1, 0.15) is 36.7 Å². The Labute approximate surface area is 268 Å². The summed E-state index contributed by atoms with van der Waals surface area (Å²) in [5.74, 6) is -0.633. The zero-order valence-electron chi connectivity index (χ0n) is 26.9. The van der Waals surface area contributed by atoms with Crippen LogP contribution in [0.2, 0.25) is 0 Å². The summed E-state index contributed by atoms with van der Waals surface area (Å²) in [6.07, 6.45) is -4.87. The number of nitrogens with one attached hydrogen (secondary N) is 1. The number of esters is 1. The highest BCUT2D eigenvalue weighted by molar-refractivity contribution is 5.96. The molecule has 258 valence electrons. The number of likely N-dealkylation sites (N-methyl/N-ethyl adjacent to an activating group) is 1. The van der Waals surface area contributed by atoms with Crippen molar-refractivity contribution >= 4 is 23.4 Å². The molecule has 0 unspecified atom stereocenters. The molecule has 0 saturated heterocycles. The first-order valence-electron chi connectivity index (χ1n) is 14.9. The molecule has 0 aliphatic rings. The van der Waals surface area contributed by atoms with Gasteiger partial charge in [-0.3, -0.25) is 0 Å². The highest BCUT2D eigenvalue weighted by atomic mass is 19.4. The first-order chi connectivity index (χ1) is 21.9. The number of carbonyl (C=O) groups is 2. The number of nitrogens with zero attached hydrogens (tertiary/aromatic N) is 1. The minimum Gasteiger partial charge on any atom is -0.460 e. The average molecular weight is 659 g/mol. The Kier molecular flexibility index (Phi) is 17.4. The second-order valence-corrected chi connectivity index (χ2v) is 10.8. The number of halogens is 3. The summed E-state index contributed by atoms with van der Waals surface area (Å²) >= 11 is 0. The van der Waals surface area contributed by atoms with E-state index in [9.17, 15) is 22.8 Å². The fraction of sp³-hybridized carbons (Fsp3) is 0.562. The number of hydrogen-bond acceptors (Lipinski definition) is 10. The lowest BCUT2D eigenvalue weighted by molar-refractivity contribution is -0.137. The molecule has 0 heterocycles. The number of para-hydroxylation sites is 1. The largest absolute Gasteiger partial charge is 0.460 e. The molecule has 14 heteroatoms. The predicted octanol–water partition coefficient (Wildman–Crippen LogP) is 5.56. The molecule has 2 rings (SSSR count). The van der Waals surface area contributed by atoms with Gasteiger partial charge < -0.3 is 43.4 Å². The third-order valence-electron chi connectivity index (χ3n) is 5.84. The molecule has 0 aliphatic heterocycles. The van der Waals surface area contributed by atoms with E-state index >= 15 is 0 Å². The number of hydrogen-bond donors (Lipinski definition) is 1. The number of anilines is 2.